The minimum atomic E-state index is -0.927. The second kappa shape index (κ2) is 13.0. The Morgan fingerprint density at radius 2 is 1.40 bits per heavy atom. The van der Waals surface area contributed by atoms with Crippen molar-refractivity contribution in [3.05, 3.63) is 62.4 Å². The molecule has 0 radical (unpaired) electrons. The molecule has 2 amide bonds. The molecule has 0 aliphatic heterocycles. The fourth-order valence-electron chi connectivity index (χ4n) is 3.69. The molecule has 3 N–H and O–H groups in total. The Morgan fingerprint density at radius 3 is 1.91 bits per heavy atom. The van der Waals surface area contributed by atoms with E-state index in [1.807, 2.05) is 0 Å². The van der Waals surface area contributed by atoms with Gasteiger partial charge in [-0.05, 0) is 43.0 Å². The molecule has 2 aromatic rings. The van der Waals surface area contributed by atoms with Gasteiger partial charge >= 0.3 is 5.69 Å². The zero-order chi connectivity index (χ0) is 26.0. The number of carbonyl (C=O) groups is 2. The molecule has 1 aliphatic carbocycles. The van der Waals surface area contributed by atoms with Crippen molar-refractivity contribution in [3.63, 3.8) is 0 Å². The lowest BCUT2D eigenvalue weighted by Gasteiger charge is -2.22. The molecule has 0 heterocycles. The van der Waals surface area contributed by atoms with Gasteiger partial charge < -0.3 is 16.0 Å². The Bertz CT molecular complexity index is 1090. The van der Waals surface area contributed by atoms with E-state index in [2.05, 4.69) is 16.0 Å². The summed E-state index contributed by atoms with van der Waals surface area (Å²) in [6.45, 7) is 3.40. The molecule has 11 nitrogen and oxygen atoms in total. The average Bonchev–Trinajstić information content (AvgIpc) is 2.79. The van der Waals surface area contributed by atoms with Crippen LogP contribution in [0.15, 0.2) is 36.4 Å². The van der Waals surface area contributed by atoms with Crippen molar-refractivity contribution in [2.24, 2.45) is 5.92 Å². The molecule has 0 saturated heterocycles. The lowest BCUT2D eigenvalue weighted by atomic mass is 9.89. The van der Waals surface area contributed by atoms with Crippen LogP contribution in [0.1, 0.15) is 46.0 Å². The van der Waals surface area contributed by atoms with Crippen LogP contribution in [0.25, 0.3) is 0 Å². The molecule has 0 unspecified atom stereocenters. The summed E-state index contributed by atoms with van der Waals surface area (Å²) in [5.41, 5.74) is 0.496. The highest BCUT2D eigenvalue weighted by Crippen LogP contribution is 2.30. The number of nitrogens with one attached hydrogen (secondary N) is 3. The molecule has 0 spiro atoms. The second-order valence-electron chi connectivity index (χ2n) is 8.16. The minimum absolute atomic E-state index is 0.00272. The molecule has 0 bridgehead atoms. The van der Waals surface area contributed by atoms with Crippen LogP contribution < -0.4 is 16.0 Å². The molecule has 0 atom stereocenters. The van der Waals surface area contributed by atoms with Gasteiger partial charge in [-0.1, -0.05) is 19.3 Å². The Morgan fingerprint density at radius 1 is 0.886 bits per heavy atom. The first-order valence-corrected chi connectivity index (χ1v) is 11.1. The summed E-state index contributed by atoms with van der Waals surface area (Å²) >= 11 is 0. The number of amides is 2. The number of halogens is 1. The van der Waals surface area contributed by atoms with Crippen molar-refractivity contribution in [3.8, 4) is 0 Å². The van der Waals surface area contributed by atoms with E-state index in [1.54, 1.807) is 12.1 Å². The van der Waals surface area contributed by atoms with Crippen LogP contribution in [0.2, 0.25) is 0 Å². The van der Waals surface area contributed by atoms with Crippen LogP contribution in [-0.4, -0.2) is 28.2 Å². The van der Waals surface area contributed by atoms with Gasteiger partial charge in [0.05, 0.1) is 9.85 Å². The number of nitrogens with zero attached hydrogens (tertiary/aromatic N) is 2. The first-order valence-electron chi connectivity index (χ1n) is 11.1. The molecule has 1 fully saturated rings. The number of rotatable bonds is 7. The molecular formula is C23H28FN5O6. The van der Waals surface area contributed by atoms with Gasteiger partial charge in [0, 0.05) is 43.9 Å². The van der Waals surface area contributed by atoms with Crippen LogP contribution in [0.5, 0.6) is 0 Å². The minimum Gasteiger partial charge on any atom is -0.379 e. The van der Waals surface area contributed by atoms with Crippen molar-refractivity contribution < 1.29 is 23.8 Å². The maximum atomic E-state index is 12.8. The number of nitro benzene ring substituents is 2. The zero-order valence-electron chi connectivity index (χ0n) is 19.5. The van der Waals surface area contributed by atoms with Crippen molar-refractivity contribution in [2.75, 3.05) is 22.5 Å². The van der Waals surface area contributed by atoms with Crippen molar-refractivity contribution in [2.45, 2.75) is 46.0 Å². The molecule has 35 heavy (non-hydrogen) atoms. The number of anilines is 3. The molecule has 2 aromatic carbocycles. The number of carbonyl (C=O) groups excluding carboxylic acids is 2. The summed E-state index contributed by atoms with van der Waals surface area (Å²) in [5.74, 6) is -0.949. The van der Waals surface area contributed by atoms with Crippen LogP contribution in [-0.2, 0) is 9.59 Å². The topological polar surface area (TPSA) is 157 Å². The fraction of sp³-hybridized carbons (Fsp3) is 0.391. The highest BCUT2D eigenvalue weighted by Gasteiger charge is 2.18. The van der Waals surface area contributed by atoms with Crippen molar-refractivity contribution in [1.29, 1.82) is 0 Å². The van der Waals surface area contributed by atoms with Gasteiger partial charge in [0.15, 0.2) is 0 Å². The molecular weight excluding hydrogens is 461 g/mol. The molecule has 3 rings (SSSR count). The monoisotopic (exact) mass is 489 g/mol. The molecule has 1 saturated carbocycles. The SMILES string of the molecule is CC(=O)Nc1ccc(F)c([N+](=O)[O-])c1.CC(=O)Nc1ccc(NCC2CCCCC2)c([N+](=O)[O-])c1. The highest BCUT2D eigenvalue weighted by molar-refractivity contribution is 5.90. The van der Waals surface area contributed by atoms with Gasteiger partial charge in [-0.2, -0.15) is 4.39 Å². The van der Waals surface area contributed by atoms with Gasteiger partial charge in [-0.3, -0.25) is 29.8 Å². The predicted molar refractivity (Wildman–Crippen MR) is 130 cm³/mol. The lowest BCUT2D eigenvalue weighted by Crippen LogP contribution is -2.17. The maximum absolute atomic E-state index is 12.8. The molecule has 0 aromatic heterocycles. The third-order valence-electron chi connectivity index (χ3n) is 5.28. The molecule has 1 aliphatic rings. The van der Waals surface area contributed by atoms with Gasteiger partial charge in [0.2, 0.25) is 17.6 Å². The summed E-state index contributed by atoms with van der Waals surface area (Å²) in [7, 11) is 0. The largest absolute Gasteiger partial charge is 0.379 e. The highest BCUT2D eigenvalue weighted by atomic mass is 19.1. The zero-order valence-corrected chi connectivity index (χ0v) is 19.5. The third-order valence-corrected chi connectivity index (χ3v) is 5.28. The van der Waals surface area contributed by atoms with Gasteiger partial charge in [0.1, 0.15) is 5.69 Å². The van der Waals surface area contributed by atoms with Crippen molar-refractivity contribution in [1.82, 2.24) is 0 Å². The van der Waals surface area contributed by atoms with E-state index >= 15 is 0 Å². The summed E-state index contributed by atoms with van der Waals surface area (Å²) in [5, 5.41) is 29.5. The summed E-state index contributed by atoms with van der Waals surface area (Å²) < 4.78 is 12.8. The number of nitro groups is 2. The normalized spacial score (nSPS) is 13.1. The van der Waals surface area contributed by atoms with E-state index in [0.717, 1.165) is 18.7 Å². The Labute approximate surface area is 201 Å². The van der Waals surface area contributed by atoms with Crippen LogP contribution >= 0.6 is 0 Å². The maximum Gasteiger partial charge on any atom is 0.306 e. The Hall–Kier alpha value is -4.09. The third kappa shape index (κ3) is 8.99. The summed E-state index contributed by atoms with van der Waals surface area (Å²) in [4.78, 5) is 41.8. The van der Waals surface area contributed by atoms with E-state index in [0.29, 0.717) is 17.3 Å². The van der Waals surface area contributed by atoms with E-state index < -0.39 is 21.4 Å². The summed E-state index contributed by atoms with van der Waals surface area (Å²) in [6.07, 6.45) is 6.16. The summed E-state index contributed by atoms with van der Waals surface area (Å²) in [6, 6.07) is 7.89. The van der Waals surface area contributed by atoms with Crippen LogP contribution in [0.4, 0.5) is 32.8 Å². The second-order valence-corrected chi connectivity index (χ2v) is 8.16. The Balaban J connectivity index is 0.000000269. The first kappa shape index (κ1) is 27.2. The average molecular weight is 490 g/mol. The van der Waals surface area contributed by atoms with Gasteiger partial charge in [0.25, 0.3) is 5.69 Å². The fourth-order valence-corrected chi connectivity index (χ4v) is 3.69. The number of hydrogen-bond acceptors (Lipinski definition) is 7. The van der Waals surface area contributed by atoms with Gasteiger partial charge in [-0.25, -0.2) is 0 Å². The van der Waals surface area contributed by atoms with Crippen molar-refractivity contribution >= 4 is 40.3 Å². The first-order chi connectivity index (χ1) is 16.6. The lowest BCUT2D eigenvalue weighted by molar-refractivity contribution is -0.387. The van der Waals surface area contributed by atoms with E-state index in [4.69, 9.17) is 0 Å². The standard InChI is InChI=1S/C15H21N3O3.C8H7FN2O3/c1-11(19)17-13-7-8-14(15(9-13)18(20)21)16-10-12-5-3-2-4-6-12;1-5(12)10-6-2-3-7(9)8(4-6)11(13)14/h7-9,12,16H,2-6,10H2,1H3,(H,17,19);2-4H,1H3,(H,10,12). The number of benzene rings is 2. The smallest absolute Gasteiger partial charge is 0.306 e. The van der Waals surface area contributed by atoms with E-state index in [-0.39, 0.29) is 23.2 Å². The predicted octanol–water partition coefficient (Wildman–Crippen LogP) is 5.24. The Kier molecular flexibility index (Phi) is 10.1. The van der Waals surface area contributed by atoms with Crippen LogP contribution in [0.3, 0.4) is 0 Å². The van der Waals surface area contributed by atoms with E-state index in [1.165, 1.54) is 58.1 Å². The molecule has 12 heteroatoms. The number of hydrogen-bond donors (Lipinski definition) is 3. The van der Waals surface area contributed by atoms with E-state index in [9.17, 15) is 34.2 Å². The quantitative estimate of drug-likeness (QED) is 0.355. The van der Waals surface area contributed by atoms with Gasteiger partial charge in [-0.15, -0.1) is 0 Å². The molecule has 188 valence electrons. The van der Waals surface area contributed by atoms with Crippen LogP contribution in [0, 0.1) is 32.0 Å².